The average molecular weight is 472 g/mol. The fourth-order valence-electron chi connectivity index (χ4n) is 3.79. The highest BCUT2D eigenvalue weighted by Gasteiger charge is 2.42. The fourth-order valence-corrected chi connectivity index (χ4v) is 3.79. The van der Waals surface area contributed by atoms with Gasteiger partial charge >= 0.3 is 5.97 Å². The van der Waals surface area contributed by atoms with Gasteiger partial charge < -0.3 is 4.74 Å². The Hall–Kier alpha value is -4.66. The molecule has 3 aromatic rings. The Morgan fingerprint density at radius 1 is 0.914 bits per heavy atom. The van der Waals surface area contributed by atoms with Gasteiger partial charge in [0.2, 0.25) is 5.78 Å². The second kappa shape index (κ2) is 9.30. The molecule has 176 valence electrons. The number of ether oxygens (including phenoxy) is 1. The molecule has 1 unspecified atom stereocenters. The molecule has 0 spiro atoms. The van der Waals surface area contributed by atoms with Crippen LogP contribution in [0.15, 0.2) is 66.7 Å². The van der Waals surface area contributed by atoms with Crippen LogP contribution in [0, 0.1) is 24.0 Å². The van der Waals surface area contributed by atoms with Crippen LogP contribution in [0.5, 0.6) is 0 Å². The number of Topliss-reactive ketones (excluding diaryl/α,β-unsaturated/α-hetero) is 1. The minimum Gasteiger partial charge on any atom is -0.448 e. The van der Waals surface area contributed by atoms with Crippen LogP contribution in [0.25, 0.3) is 0 Å². The monoisotopic (exact) mass is 472 g/mol. The van der Waals surface area contributed by atoms with Crippen molar-refractivity contribution in [3.63, 3.8) is 0 Å². The quantitative estimate of drug-likeness (QED) is 0.167. The van der Waals surface area contributed by atoms with Crippen molar-refractivity contribution >= 4 is 29.3 Å². The number of nitro benzene ring substituents is 1. The summed E-state index contributed by atoms with van der Waals surface area (Å²) in [6, 6.07) is 17.3. The van der Waals surface area contributed by atoms with Gasteiger partial charge in [0.25, 0.3) is 17.5 Å². The van der Waals surface area contributed by atoms with E-state index in [1.165, 1.54) is 12.1 Å². The number of nitrogens with zero attached hydrogens (tertiary/aromatic N) is 2. The zero-order chi connectivity index (χ0) is 25.3. The highest BCUT2D eigenvalue weighted by atomic mass is 16.6. The molecule has 9 heteroatoms. The van der Waals surface area contributed by atoms with Crippen molar-refractivity contribution in [1.29, 1.82) is 0 Å². The third kappa shape index (κ3) is 4.56. The molecule has 3 aromatic carbocycles. The summed E-state index contributed by atoms with van der Waals surface area (Å²) in [5.41, 5.74) is 1.57. The van der Waals surface area contributed by atoms with Gasteiger partial charge in [0.05, 0.1) is 10.5 Å². The van der Waals surface area contributed by atoms with Crippen molar-refractivity contribution in [2.24, 2.45) is 0 Å². The first-order chi connectivity index (χ1) is 16.7. The van der Waals surface area contributed by atoms with E-state index >= 15 is 0 Å². The molecular weight excluding hydrogens is 452 g/mol. The highest BCUT2D eigenvalue weighted by Crippen LogP contribution is 2.31. The summed E-state index contributed by atoms with van der Waals surface area (Å²) in [4.78, 5) is 62.7. The van der Waals surface area contributed by atoms with Gasteiger partial charge in [0.1, 0.15) is 12.1 Å². The van der Waals surface area contributed by atoms with E-state index in [4.69, 9.17) is 4.74 Å². The van der Waals surface area contributed by atoms with Crippen molar-refractivity contribution in [2.75, 3.05) is 6.54 Å². The molecule has 1 heterocycles. The van der Waals surface area contributed by atoms with Crippen molar-refractivity contribution in [1.82, 2.24) is 4.90 Å². The van der Waals surface area contributed by atoms with Gasteiger partial charge in [-0.05, 0) is 19.9 Å². The number of benzene rings is 3. The summed E-state index contributed by atoms with van der Waals surface area (Å²) in [6.07, 6.45) is -1.31. The van der Waals surface area contributed by atoms with Gasteiger partial charge in [0.15, 0.2) is 6.10 Å². The molecule has 35 heavy (non-hydrogen) atoms. The van der Waals surface area contributed by atoms with Crippen LogP contribution in [0.2, 0.25) is 0 Å². The highest BCUT2D eigenvalue weighted by molar-refractivity contribution is 6.24. The van der Waals surface area contributed by atoms with Crippen molar-refractivity contribution in [3.05, 3.63) is 110 Å². The Bertz CT molecular complexity index is 1360. The Labute approximate surface area is 200 Å². The molecule has 0 bridgehead atoms. The number of nitro groups is 1. The molecule has 0 N–H and O–H groups in total. The summed E-state index contributed by atoms with van der Waals surface area (Å²) in [7, 11) is 0. The average Bonchev–Trinajstić information content (AvgIpc) is 3.08. The molecule has 0 saturated heterocycles. The first-order valence-corrected chi connectivity index (χ1v) is 10.7. The lowest BCUT2D eigenvalue weighted by Crippen LogP contribution is -2.36. The molecule has 0 aliphatic carbocycles. The number of ketones is 1. The van der Waals surface area contributed by atoms with Gasteiger partial charge in [-0.15, -0.1) is 0 Å². The minimum atomic E-state index is -1.31. The molecule has 1 atom stereocenters. The minimum absolute atomic E-state index is 0.164. The normalized spacial score (nSPS) is 13.4. The van der Waals surface area contributed by atoms with Crippen LogP contribution < -0.4 is 0 Å². The van der Waals surface area contributed by atoms with Crippen molar-refractivity contribution in [2.45, 2.75) is 20.0 Å². The van der Waals surface area contributed by atoms with Crippen LogP contribution in [-0.2, 0) is 9.53 Å². The van der Waals surface area contributed by atoms with E-state index in [1.54, 1.807) is 48.5 Å². The van der Waals surface area contributed by atoms with E-state index in [0.717, 1.165) is 17.2 Å². The SMILES string of the molecule is Cc1ccc(C(=O)C(OC(=O)CN2C(=O)c3cccc([N+](=O)[O-])c3C2=O)c2ccc(C)cc2)cc1. The predicted molar refractivity (Wildman–Crippen MR) is 124 cm³/mol. The lowest BCUT2D eigenvalue weighted by molar-refractivity contribution is -0.385. The summed E-state index contributed by atoms with van der Waals surface area (Å²) < 4.78 is 5.49. The molecule has 0 radical (unpaired) electrons. The van der Waals surface area contributed by atoms with Gasteiger partial charge in [-0.3, -0.25) is 34.2 Å². The second-order valence-corrected chi connectivity index (χ2v) is 8.16. The molecule has 0 aromatic heterocycles. The molecule has 1 aliphatic heterocycles. The molecule has 0 saturated carbocycles. The number of aryl methyl sites for hydroxylation is 2. The smallest absolute Gasteiger partial charge is 0.327 e. The summed E-state index contributed by atoms with van der Waals surface area (Å²) >= 11 is 0. The Balaban J connectivity index is 1.59. The number of imide groups is 1. The van der Waals surface area contributed by atoms with Gasteiger partial charge in [-0.25, -0.2) is 0 Å². The largest absolute Gasteiger partial charge is 0.448 e. The van der Waals surface area contributed by atoms with Gasteiger partial charge in [0, 0.05) is 17.2 Å². The zero-order valence-electron chi connectivity index (χ0n) is 18.9. The predicted octanol–water partition coefficient (Wildman–Crippen LogP) is 3.98. The Kier molecular flexibility index (Phi) is 6.24. The van der Waals surface area contributed by atoms with Crippen molar-refractivity contribution < 1.29 is 28.8 Å². The Morgan fingerprint density at radius 2 is 1.51 bits per heavy atom. The third-order valence-electron chi connectivity index (χ3n) is 5.66. The third-order valence-corrected chi connectivity index (χ3v) is 5.66. The summed E-state index contributed by atoms with van der Waals surface area (Å²) in [5, 5.41) is 11.3. The number of carbonyl (C=O) groups excluding carboxylic acids is 4. The van der Waals surface area contributed by atoms with E-state index in [-0.39, 0.29) is 11.1 Å². The first-order valence-electron chi connectivity index (χ1n) is 10.7. The zero-order valence-corrected chi connectivity index (χ0v) is 18.9. The summed E-state index contributed by atoms with van der Waals surface area (Å²) in [6.45, 7) is 2.94. The standard InChI is InChI=1S/C26H20N2O7/c1-15-6-10-17(11-7-15)23(30)24(18-12-8-16(2)9-13-18)35-21(29)14-27-25(31)19-4-3-5-20(28(33)34)22(19)26(27)32/h3-13,24H,14H2,1-2H3. The van der Waals surface area contributed by atoms with E-state index in [2.05, 4.69) is 0 Å². The lowest BCUT2D eigenvalue weighted by Gasteiger charge is -2.20. The number of rotatable bonds is 7. The first kappa shape index (κ1) is 23.5. The number of amides is 2. The molecule has 4 rings (SSSR count). The van der Waals surface area contributed by atoms with Crippen LogP contribution >= 0.6 is 0 Å². The molecule has 9 nitrogen and oxygen atoms in total. The summed E-state index contributed by atoms with van der Waals surface area (Å²) in [5.74, 6) is -3.29. The number of hydrogen-bond donors (Lipinski definition) is 0. The van der Waals surface area contributed by atoms with Crippen LogP contribution in [-0.4, -0.2) is 39.9 Å². The maximum atomic E-state index is 13.2. The van der Waals surface area contributed by atoms with E-state index in [0.29, 0.717) is 16.0 Å². The van der Waals surface area contributed by atoms with E-state index < -0.39 is 46.8 Å². The van der Waals surface area contributed by atoms with Crippen LogP contribution in [0.3, 0.4) is 0 Å². The van der Waals surface area contributed by atoms with Crippen LogP contribution in [0.4, 0.5) is 5.69 Å². The Morgan fingerprint density at radius 3 is 2.11 bits per heavy atom. The second-order valence-electron chi connectivity index (χ2n) is 8.16. The number of hydrogen-bond acceptors (Lipinski definition) is 7. The van der Waals surface area contributed by atoms with Gasteiger partial charge in [-0.2, -0.15) is 0 Å². The maximum absolute atomic E-state index is 13.2. The molecule has 1 aliphatic rings. The van der Waals surface area contributed by atoms with Crippen LogP contribution in [0.1, 0.15) is 53.9 Å². The fraction of sp³-hybridized carbons (Fsp3) is 0.154. The number of fused-ring (bicyclic) bond motifs is 1. The van der Waals surface area contributed by atoms with Crippen molar-refractivity contribution in [3.8, 4) is 0 Å². The molecular formula is C26H20N2O7. The molecule has 2 amide bonds. The van der Waals surface area contributed by atoms with Gasteiger partial charge in [-0.1, -0.05) is 65.7 Å². The molecule has 0 fully saturated rings. The maximum Gasteiger partial charge on any atom is 0.327 e. The van der Waals surface area contributed by atoms with E-state index in [1.807, 2.05) is 13.8 Å². The number of carbonyl (C=O) groups is 4. The number of esters is 1. The van der Waals surface area contributed by atoms with E-state index in [9.17, 15) is 29.3 Å². The lowest BCUT2D eigenvalue weighted by atomic mass is 9.98. The topological polar surface area (TPSA) is 124 Å².